The van der Waals surface area contributed by atoms with Crippen LogP contribution in [-0.2, 0) is 6.42 Å². The van der Waals surface area contributed by atoms with Gasteiger partial charge in [0.2, 0.25) is 0 Å². The first-order chi connectivity index (χ1) is 9.74. The lowest BCUT2D eigenvalue weighted by atomic mass is 10.0. The molecule has 0 bridgehead atoms. The van der Waals surface area contributed by atoms with E-state index in [9.17, 15) is 4.79 Å². The van der Waals surface area contributed by atoms with E-state index in [-0.39, 0.29) is 6.09 Å². The van der Waals surface area contributed by atoms with Crippen LogP contribution in [0.1, 0.15) is 17.5 Å². The van der Waals surface area contributed by atoms with Crippen LogP contribution in [0.3, 0.4) is 0 Å². The van der Waals surface area contributed by atoms with E-state index in [0.29, 0.717) is 12.3 Å². The molecule has 3 rings (SSSR count). The van der Waals surface area contributed by atoms with Crippen molar-refractivity contribution in [3.63, 3.8) is 0 Å². The van der Waals surface area contributed by atoms with Gasteiger partial charge < -0.3 is 4.74 Å². The molecule has 2 aromatic rings. The number of aryl methyl sites for hydroxylation is 2. The minimum Gasteiger partial charge on any atom is -0.410 e. The second-order valence-corrected chi connectivity index (χ2v) is 5.06. The Bertz CT molecular complexity index is 619. The summed E-state index contributed by atoms with van der Waals surface area (Å²) in [5.41, 5.74) is 3.32. The molecule has 1 aliphatic heterocycles. The van der Waals surface area contributed by atoms with E-state index >= 15 is 0 Å². The van der Waals surface area contributed by atoms with Gasteiger partial charge in [0.05, 0.1) is 5.69 Å². The first kappa shape index (κ1) is 12.7. The van der Waals surface area contributed by atoms with Crippen molar-refractivity contribution in [3.8, 4) is 5.75 Å². The van der Waals surface area contributed by atoms with Crippen molar-refractivity contribution in [2.75, 3.05) is 11.4 Å². The fourth-order valence-corrected chi connectivity index (χ4v) is 2.49. The molecule has 20 heavy (non-hydrogen) atoms. The minimum atomic E-state index is -0.305. The van der Waals surface area contributed by atoms with E-state index < -0.39 is 0 Å². The Hall–Kier alpha value is -2.29. The molecule has 0 radical (unpaired) electrons. The molecule has 0 saturated heterocycles. The van der Waals surface area contributed by atoms with Crippen molar-refractivity contribution in [1.82, 2.24) is 0 Å². The number of carbonyl (C=O) groups is 1. The maximum absolute atomic E-state index is 12.3. The molecule has 0 atom stereocenters. The normalized spacial score (nSPS) is 13.8. The highest BCUT2D eigenvalue weighted by Crippen LogP contribution is 2.27. The number of nitrogens with zero attached hydrogens (tertiary/aromatic N) is 1. The maximum atomic E-state index is 12.3. The first-order valence-corrected chi connectivity index (χ1v) is 6.88. The van der Waals surface area contributed by atoms with Crippen LogP contribution in [0.4, 0.5) is 10.5 Å². The maximum Gasteiger partial charge on any atom is 0.419 e. The topological polar surface area (TPSA) is 29.5 Å². The van der Waals surface area contributed by atoms with Crippen LogP contribution in [0.2, 0.25) is 0 Å². The highest BCUT2D eigenvalue weighted by molar-refractivity contribution is 5.90. The Morgan fingerprint density at radius 2 is 1.85 bits per heavy atom. The first-order valence-electron chi connectivity index (χ1n) is 6.88. The zero-order valence-electron chi connectivity index (χ0n) is 11.5. The summed E-state index contributed by atoms with van der Waals surface area (Å²) >= 11 is 0. The number of hydrogen-bond acceptors (Lipinski definition) is 2. The number of amides is 1. The van der Waals surface area contributed by atoms with E-state index in [0.717, 1.165) is 24.1 Å². The SMILES string of the molecule is Cc1ccc(OC(=O)N2CCCc3ccccc32)cc1. The molecular formula is C17H17NO2. The molecule has 3 nitrogen and oxygen atoms in total. The molecule has 0 aromatic heterocycles. The molecule has 0 fully saturated rings. The summed E-state index contributed by atoms with van der Waals surface area (Å²) in [4.78, 5) is 14.0. The lowest BCUT2D eigenvalue weighted by molar-refractivity contribution is 0.207. The van der Waals surface area contributed by atoms with E-state index in [1.807, 2.05) is 49.4 Å². The van der Waals surface area contributed by atoms with Gasteiger partial charge in [0.25, 0.3) is 0 Å². The van der Waals surface area contributed by atoms with Crippen LogP contribution in [0.25, 0.3) is 0 Å². The molecule has 2 aromatic carbocycles. The summed E-state index contributed by atoms with van der Waals surface area (Å²) in [6.45, 7) is 2.72. The fraction of sp³-hybridized carbons (Fsp3) is 0.235. The molecule has 0 saturated carbocycles. The molecule has 0 spiro atoms. The van der Waals surface area contributed by atoms with E-state index in [1.165, 1.54) is 5.56 Å². The number of para-hydroxylation sites is 1. The van der Waals surface area contributed by atoms with Crippen molar-refractivity contribution >= 4 is 11.8 Å². The summed E-state index contributed by atoms with van der Waals surface area (Å²) < 4.78 is 5.45. The van der Waals surface area contributed by atoms with Crippen molar-refractivity contribution in [2.45, 2.75) is 19.8 Å². The Kier molecular flexibility index (Phi) is 3.42. The smallest absolute Gasteiger partial charge is 0.410 e. The Labute approximate surface area is 118 Å². The van der Waals surface area contributed by atoms with Gasteiger partial charge in [-0.25, -0.2) is 4.79 Å². The predicted molar refractivity (Wildman–Crippen MR) is 79.3 cm³/mol. The molecule has 1 amide bonds. The third-order valence-corrected chi connectivity index (χ3v) is 3.56. The molecule has 3 heteroatoms. The average Bonchev–Trinajstić information content (AvgIpc) is 2.49. The Morgan fingerprint density at radius 3 is 2.65 bits per heavy atom. The summed E-state index contributed by atoms with van der Waals surface area (Å²) in [5, 5.41) is 0. The van der Waals surface area contributed by atoms with Crippen molar-refractivity contribution < 1.29 is 9.53 Å². The van der Waals surface area contributed by atoms with Gasteiger partial charge in [0.1, 0.15) is 5.75 Å². The molecule has 102 valence electrons. The minimum absolute atomic E-state index is 0.305. The summed E-state index contributed by atoms with van der Waals surface area (Å²) in [6, 6.07) is 15.5. The summed E-state index contributed by atoms with van der Waals surface area (Å²) in [6.07, 6.45) is 1.69. The van der Waals surface area contributed by atoms with Gasteiger partial charge in [0, 0.05) is 6.54 Å². The standard InChI is InChI=1S/C17H17NO2/c1-13-8-10-15(11-9-13)20-17(19)18-12-4-6-14-5-2-3-7-16(14)18/h2-3,5,7-11H,4,6,12H2,1H3. The van der Waals surface area contributed by atoms with E-state index in [2.05, 4.69) is 6.07 Å². The van der Waals surface area contributed by atoms with E-state index in [1.54, 1.807) is 4.90 Å². The van der Waals surface area contributed by atoms with Gasteiger partial charge >= 0.3 is 6.09 Å². The number of anilines is 1. The number of ether oxygens (including phenoxy) is 1. The largest absolute Gasteiger partial charge is 0.419 e. The van der Waals surface area contributed by atoms with Gasteiger partial charge in [-0.15, -0.1) is 0 Å². The highest BCUT2D eigenvalue weighted by atomic mass is 16.6. The second kappa shape index (κ2) is 5.37. The molecular weight excluding hydrogens is 250 g/mol. The van der Waals surface area contributed by atoms with Crippen molar-refractivity contribution in [3.05, 3.63) is 59.7 Å². The van der Waals surface area contributed by atoms with Crippen LogP contribution in [0.15, 0.2) is 48.5 Å². The summed E-state index contributed by atoms with van der Waals surface area (Å²) in [7, 11) is 0. The van der Waals surface area contributed by atoms with Gasteiger partial charge in [-0.2, -0.15) is 0 Å². The van der Waals surface area contributed by atoms with Gasteiger partial charge in [-0.3, -0.25) is 4.90 Å². The molecule has 0 aliphatic carbocycles. The van der Waals surface area contributed by atoms with Crippen LogP contribution in [0, 0.1) is 6.92 Å². The quantitative estimate of drug-likeness (QED) is 0.783. The van der Waals surface area contributed by atoms with Crippen LogP contribution in [0.5, 0.6) is 5.75 Å². The number of carbonyl (C=O) groups excluding carboxylic acids is 1. The van der Waals surface area contributed by atoms with Crippen molar-refractivity contribution in [1.29, 1.82) is 0 Å². The number of benzene rings is 2. The van der Waals surface area contributed by atoms with Crippen molar-refractivity contribution in [2.24, 2.45) is 0 Å². The van der Waals surface area contributed by atoms with Crippen LogP contribution < -0.4 is 9.64 Å². The van der Waals surface area contributed by atoms with Crippen LogP contribution in [-0.4, -0.2) is 12.6 Å². The Balaban J connectivity index is 1.80. The van der Waals surface area contributed by atoms with Gasteiger partial charge in [0.15, 0.2) is 0 Å². The van der Waals surface area contributed by atoms with Crippen LogP contribution >= 0.6 is 0 Å². The zero-order chi connectivity index (χ0) is 13.9. The third-order valence-electron chi connectivity index (χ3n) is 3.56. The van der Waals surface area contributed by atoms with E-state index in [4.69, 9.17) is 4.74 Å². The van der Waals surface area contributed by atoms with Gasteiger partial charge in [-0.05, 0) is 43.5 Å². The average molecular weight is 267 g/mol. The number of hydrogen-bond donors (Lipinski definition) is 0. The lowest BCUT2D eigenvalue weighted by Crippen LogP contribution is -2.37. The predicted octanol–water partition coefficient (Wildman–Crippen LogP) is 3.95. The zero-order valence-corrected chi connectivity index (χ0v) is 11.5. The molecule has 1 aliphatic rings. The third kappa shape index (κ3) is 2.52. The molecule has 0 N–H and O–H groups in total. The Morgan fingerprint density at radius 1 is 1.10 bits per heavy atom. The number of fused-ring (bicyclic) bond motifs is 1. The fourth-order valence-electron chi connectivity index (χ4n) is 2.49. The summed E-state index contributed by atoms with van der Waals surface area (Å²) in [5.74, 6) is 0.587. The monoisotopic (exact) mass is 267 g/mol. The lowest BCUT2D eigenvalue weighted by Gasteiger charge is -2.28. The highest BCUT2D eigenvalue weighted by Gasteiger charge is 2.23. The van der Waals surface area contributed by atoms with Gasteiger partial charge in [-0.1, -0.05) is 35.9 Å². The molecule has 0 unspecified atom stereocenters. The second-order valence-electron chi connectivity index (χ2n) is 5.06. The number of rotatable bonds is 1. The molecule has 1 heterocycles.